The van der Waals surface area contributed by atoms with Gasteiger partial charge in [0.1, 0.15) is 5.52 Å². The van der Waals surface area contributed by atoms with Crippen molar-refractivity contribution >= 4 is 34.7 Å². The predicted octanol–water partition coefficient (Wildman–Crippen LogP) is 3.82. The molecule has 0 amide bonds. The van der Waals surface area contributed by atoms with Gasteiger partial charge < -0.3 is 10.1 Å². The summed E-state index contributed by atoms with van der Waals surface area (Å²) < 4.78 is 1.29. The quantitative estimate of drug-likeness (QED) is 0.738. The highest BCUT2D eigenvalue weighted by atomic mass is 35.5. The first-order valence-corrected chi connectivity index (χ1v) is 7.89. The average molecular weight is 366 g/mol. The molecule has 2 heterocycles. The Kier molecular flexibility index (Phi) is 4.11. The molecular formula is C16H13Cl2N3O3. The SMILES string of the molecule is CC(C)c1c(C(=O)O)cn2nc(-c3ccc(Cl)cc3Cl)[nH]c(=O)c12. The first kappa shape index (κ1) is 16.5. The molecule has 6 nitrogen and oxygen atoms in total. The monoisotopic (exact) mass is 365 g/mol. The van der Waals surface area contributed by atoms with E-state index in [0.717, 1.165) is 0 Å². The summed E-state index contributed by atoms with van der Waals surface area (Å²) in [6, 6.07) is 4.81. The molecule has 2 aromatic heterocycles. The fraction of sp³-hybridized carbons (Fsp3) is 0.188. The summed E-state index contributed by atoms with van der Waals surface area (Å²) in [5.41, 5.74) is 0.794. The molecule has 0 spiro atoms. The van der Waals surface area contributed by atoms with E-state index < -0.39 is 11.5 Å². The molecule has 0 unspecified atom stereocenters. The molecule has 124 valence electrons. The zero-order valence-corrected chi connectivity index (χ0v) is 14.3. The summed E-state index contributed by atoms with van der Waals surface area (Å²) in [5.74, 6) is -1.01. The number of nitrogens with one attached hydrogen (secondary N) is 1. The number of carboxylic acid groups (broad SMARTS) is 1. The average Bonchev–Trinajstić information content (AvgIpc) is 2.87. The third-order valence-corrected chi connectivity index (χ3v) is 4.22. The summed E-state index contributed by atoms with van der Waals surface area (Å²) in [7, 11) is 0. The maximum absolute atomic E-state index is 12.5. The maximum Gasteiger partial charge on any atom is 0.337 e. The number of fused-ring (bicyclic) bond motifs is 1. The second-order valence-corrected chi connectivity index (χ2v) is 6.48. The van der Waals surface area contributed by atoms with Crippen LogP contribution in [0.4, 0.5) is 0 Å². The third-order valence-electron chi connectivity index (χ3n) is 3.67. The predicted molar refractivity (Wildman–Crippen MR) is 92.3 cm³/mol. The lowest BCUT2D eigenvalue weighted by Crippen LogP contribution is -2.15. The first-order chi connectivity index (χ1) is 11.3. The molecule has 8 heteroatoms. The van der Waals surface area contributed by atoms with Gasteiger partial charge in [-0.3, -0.25) is 4.79 Å². The lowest BCUT2D eigenvalue weighted by Gasteiger charge is -2.07. The van der Waals surface area contributed by atoms with E-state index in [-0.39, 0.29) is 22.8 Å². The number of aromatic nitrogens is 3. The van der Waals surface area contributed by atoms with E-state index in [9.17, 15) is 14.7 Å². The van der Waals surface area contributed by atoms with Crippen molar-refractivity contribution in [3.05, 3.63) is 55.9 Å². The second-order valence-electron chi connectivity index (χ2n) is 5.64. The van der Waals surface area contributed by atoms with Gasteiger partial charge in [-0.2, -0.15) is 0 Å². The number of H-pyrrole nitrogens is 1. The third kappa shape index (κ3) is 2.68. The molecular weight excluding hydrogens is 353 g/mol. The molecule has 0 aliphatic heterocycles. The standard InChI is InChI=1S/C16H13Cl2N3O3/c1-7(2)12-10(16(23)24)6-21-13(12)15(22)19-14(20-21)9-4-3-8(17)5-11(9)18/h3-7H,1-2H3,(H,23,24)(H,19,20,22). The Labute approximate surface area is 146 Å². The minimum Gasteiger partial charge on any atom is -0.478 e. The Balaban J connectivity index is 2.32. The van der Waals surface area contributed by atoms with E-state index in [1.54, 1.807) is 18.2 Å². The van der Waals surface area contributed by atoms with Crippen molar-refractivity contribution in [3.8, 4) is 11.4 Å². The van der Waals surface area contributed by atoms with Crippen LogP contribution in [0.5, 0.6) is 0 Å². The van der Waals surface area contributed by atoms with Crippen molar-refractivity contribution in [2.24, 2.45) is 0 Å². The van der Waals surface area contributed by atoms with Crippen molar-refractivity contribution < 1.29 is 9.90 Å². The molecule has 3 rings (SSSR count). The number of benzene rings is 1. The maximum atomic E-state index is 12.5. The Morgan fingerprint density at radius 2 is 2.04 bits per heavy atom. The van der Waals surface area contributed by atoms with Crippen molar-refractivity contribution in [1.29, 1.82) is 0 Å². The van der Waals surface area contributed by atoms with Crippen molar-refractivity contribution in [2.45, 2.75) is 19.8 Å². The minimum atomic E-state index is -1.10. The van der Waals surface area contributed by atoms with E-state index in [1.807, 2.05) is 13.8 Å². The molecule has 3 aromatic rings. The number of nitrogens with zero attached hydrogens (tertiary/aromatic N) is 2. The summed E-state index contributed by atoms with van der Waals surface area (Å²) in [4.78, 5) is 26.7. The number of hydrogen-bond acceptors (Lipinski definition) is 3. The number of carbonyl (C=O) groups is 1. The zero-order chi connectivity index (χ0) is 17.6. The van der Waals surface area contributed by atoms with Crippen LogP contribution in [-0.2, 0) is 0 Å². The van der Waals surface area contributed by atoms with Gasteiger partial charge in [0.25, 0.3) is 5.56 Å². The van der Waals surface area contributed by atoms with E-state index in [1.165, 1.54) is 10.7 Å². The molecule has 0 fully saturated rings. The Bertz CT molecular complexity index is 1020. The number of rotatable bonds is 3. The van der Waals surface area contributed by atoms with Crippen LogP contribution in [0, 0.1) is 0 Å². The van der Waals surface area contributed by atoms with Crippen LogP contribution in [0.1, 0.15) is 35.7 Å². The molecule has 1 aromatic carbocycles. The van der Waals surface area contributed by atoms with Crippen molar-refractivity contribution in [3.63, 3.8) is 0 Å². The highest BCUT2D eigenvalue weighted by Gasteiger charge is 2.22. The summed E-state index contributed by atoms with van der Waals surface area (Å²) in [5, 5.41) is 14.5. The molecule has 0 saturated heterocycles. The van der Waals surface area contributed by atoms with Crippen molar-refractivity contribution in [1.82, 2.24) is 14.6 Å². The first-order valence-electron chi connectivity index (χ1n) is 7.14. The summed E-state index contributed by atoms with van der Waals surface area (Å²) >= 11 is 12.0. The smallest absolute Gasteiger partial charge is 0.337 e. The normalized spacial score (nSPS) is 11.4. The number of aromatic amines is 1. The molecule has 0 saturated carbocycles. The van der Waals surface area contributed by atoms with Crippen LogP contribution in [0.2, 0.25) is 10.0 Å². The molecule has 0 aliphatic carbocycles. The fourth-order valence-corrected chi connectivity index (χ4v) is 3.17. The van der Waals surface area contributed by atoms with Crippen LogP contribution in [0.3, 0.4) is 0 Å². The van der Waals surface area contributed by atoms with Crippen LogP contribution in [0.25, 0.3) is 16.9 Å². The number of aromatic carboxylic acids is 1. The zero-order valence-electron chi connectivity index (χ0n) is 12.8. The molecule has 2 N–H and O–H groups in total. The fourth-order valence-electron chi connectivity index (χ4n) is 2.67. The number of hydrogen-bond donors (Lipinski definition) is 2. The topological polar surface area (TPSA) is 87.5 Å². The summed E-state index contributed by atoms with van der Waals surface area (Å²) in [6.07, 6.45) is 1.34. The minimum absolute atomic E-state index is 0.0577. The van der Waals surface area contributed by atoms with Gasteiger partial charge in [-0.25, -0.2) is 9.31 Å². The van der Waals surface area contributed by atoms with E-state index in [4.69, 9.17) is 23.2 Å². The Morgan fingerprint density at radius 3 is 2.62 bits per heavy atom. The van der Waals surface area contributed by atoms with Crippen LogP contribution in [0.15, 0.2) is 29.2 Å². The van der Waals surface area contributed by atoms with Crippen molar-refractivity contribution in [2.75, 3.05) is 0 Å². The molecule has 0 bridgehead atoms. The Hall–Kier alpha value is -2.31. The highest BCUT2D eigenvalue weighted by molar-refractivity contribution is 6.36. The Morgan fingerprint density at radius 1 is 1.33 bits per heavy atom. The number of halogens is 2. The lowest BCUT2D eigenvalue weighted by molar-refractivity contribution is 0.0695. The van der Waals surface area contributed by atoms with E-state index in [2.05, 4.69) is 10.1 Å². The second kappa shape index (κ2) is 5.96. The molecule has 0 aliphatic rings. The molecule has 24 heavy (non-hydrogen) atoms. The van der Waals surface area contributed by atoms with Gasteiger partial charge in [0.2, 0.25) is 0 Å². The van der Waals surface area contributed by atoms with Gasteiger partial charge in [-0.15, -0.1) is 5.10 Å². The lowest BCUT2D eigenvalue weighted by atomic mass is 10.0. The van der Waals surface area contributed by atoms with E-state index in [0.29, 0.717) is 21.2 Å². The highest BCUT2D eigenvalue weighted by Crippen LogP contribution is 2.29. The van der Waals surface area contributed by atoms with Gasteiger partial charge in [-0.1, -0.05) is 37.0 Å². The van der Waals surface area contributed by atoms with Gasteiger partial charge in [-0.05, 0) is 24.1 Å². The summed E-state index contributed by atoms with van der Waals surface area (Å²) in [6.45, 7) is 3.65. The largest absolute Gasteiger partial charge is 0.478 e. The van der Waals surface area contributed by atoms with Crippen LogP contribution >= 0.6 is 23.2 Å². The molecule has 0 radical (unpaired) electrons. The van der Waals surface area contributed by atoms with Gasteiger partial charge in [0.15, 0.2) is 5.82 Å². The molecule has 0 atom stereocenters. The van der Waals surface area contributed by atoms with Crippen LogP contribution in [-0.4, -0.2) is 25.7 Å². The number of carboxylic acids is 1. The van der Waals surface area contributed by atoms with E-state index >= 15 is 0 Å². The van der Waals surface area contributed by atoms with Crippen LogP contribution < -0.4 is 5.56 Å². The van der Waals surface area contributed by atoms with Gasteiger partial charge in [0.05, 0.1) is 10.6 Å². The van der Waals surface area contributed by atoms with Gasteiger partial charge >= 0.3 is 5.97 Å². The van der Waals surface area contributed by atoms with Gasteiger partial charge in [0, 0.05) is 22.3 Å².